The molecule has 1 atom stereocenters. The van der Waals surface area contributed by atoms with Crippen molar-refractivity contribution in [1.82, 2.24) is 5.32 Å². The van der Waals surface area contributed by atoms with Gasteiger partial charge in [-0.05, 0) is 6.42 Å². The minimum atomic E-state index is -3.73. The number of hydrogen-bond donors (Lipinski definition) is 1. The highest BCUT2D eigenvalue weighted by atomic mass is 32.2. The fourth-order valence-electron chi connectivity index (χ4n) is 1.89. The predicted molar refractivity (Wildman–Crippen MR) is 69.8 cm³/mol. The van der Waals surface area contributed by atoms with Crippen LogP contribution in [0.4, 0.5) is 0 Å². The number of rotatable bonds is 9. The SMILES string of the molecule is CCCCCCCCS(=O)(=O)OC1CC(=O)NC1=O. The van der Waals surface area contributed by atoms with Gasteiger partial charge in [-0.15, -0.1) is 0 Å². The molecule has 1 fully saturated rings. The maximum atomic E-state index is 11.6. The molecular weight excluding hydrogens is 270 g/mol. The summed E-state index contributed by atoms with van der Waals surface area (Å²) in [6.45, 7) is 2.12. The van der Waals surface area contributed by atoms with Gasteiger partial charge in [0.2, 0.25) is 5.91 Å². The van der Waals surface area contributed by atoms with E-state index in [4.69, 9.17) is 4.18 Å². The first-order chi connectivity index (χ1) is 8.94. The first-order valence-electron chi connectivity index (χ1n) is 6.69. The zero-order chi connectivity index (χ0) is 14.3. The molecule has 1 aliphatic heterocycles. The molecule has 1 aliphatic rings. The largest absolute Gasteiger partial charge is 0.294 e. The Morgan fingerprint density at radius 2 is 1.79 bits per heavy atom. The fraction of sp³-hybridized carbons (Fsp3) is 0.833. The lowest BCUT2D eigenvalue weighted by atomic mass is 10.1. The average molecular weight is 291 g/mol. The molecule has 110 valence electrons. The number of carbonyl (C=O) groups is 2. The number of imide groups is 1. The first kappa shape index (κ1) is 16.1. The Balaban J connectivity index is 2.24. The van der Waals surface area contributed by atoms with E-state index >= 15 is 0 Å². The third-order valence-corrected chi connectivity index (χ3v) is 4.25. The molecule has 0 spiro atoms. The topological polar surface area (TPSA) is 89.5 Å². The summed E-state index contributed by atoms with van der Waals surface area (Å²) in [6, 6.07) is 0. The molecule has 1 unspecified atom stereocenters. The molecule has 0 aromatic rings. The Labute approximate surface area is 114 Å². The smallest absolute Gasteiger partial charge is 0.268 e. The second-order valence-corrected chi connectivity index (χ2v) is 6.45. The molecule has 19 heavy (non-hydrogen) atoms. The van der Waals surface area contributed by atoms with E-state index in [2.05, 4.69) is 6.92 Å². The van der Waals surface area contributed by atoms with Crippen LogP contribution in [0.1, 0.15) is 51.9 Å². The van der Waals surface area contributed by atoms with Crippen molar-refractivity contribution in [3.63, 3.8) is 0 Å². The molecule has 0 saturated carbocycles. The molecule has 1 saturated heterocycles. The van der Waals surface area contributed by atoms with Crippen molar-refractivity contribution in [3.8, 4) is 0 Å². The van der Waals surface area contributed by atoms with Gasteiger partial charge in [0.15, 0.2) is 6.10 Å². The van der Waals surface area contributed by atoms with Crippen LogP contribution in [0, 0.1) is 0 Å². The number of unbranched alkanes of at least 4 members (excludes halogenated alkanes) is 5. The summed E-state index contributed by atoms with van der Waals surface area (Å²) >= 11 is 0. The van der Waals surface area contributed by atoms with E-state index in [1.807, 2.05) is 5.32 Å². The molecular formula is C12H21NO5S. The Morgan fingerprint density at radius 1 is 1.16 bits per heavy atom. The third kappa shape index (κ3) is 6.15. The molecule has 7 heteroatoms. The van der Waals surface area contributed by atoms with E-state index in [-0.39, 0.29) is 12.2 Å². The molecule has 2 amide bonds. The first-order valence-corrected chi connectivity index (χ1v) is 8.27. The molecule has 1 rings (SSSR count). The van der Waals surface area contributed by atoms with E-state index in [0.717, 1.165) is 32.1 Å². The van der Waals surface area contributed by atoms with Crippen molar-refractivity contribution >= 4 is 21.9 Å². The van der Waals surface area contributed by atoms with Gasteiger partial charge in [-0.3, -0.25) is 19.1 Å². The lowest BCUT2D eigenvalue weighted by Crippen LogP contribution is -2.29. The Morgan fingerprint density at radius 3 is 2.37 bits per heavy atom. The van der Waals surface area contributed by atoms with Crippen molar-refractivity contribution < 1.29 is 22.2 Å². The Hall–Kier alpha value is -0.950. The highest BCUT2D eigenvalue weighted by Crippen LogP contribution is 2.13. The van der Waals surface area contributed by atoms with Crippen LogP contribution in [0.15, 0.2) is 0 Å². The predicted octanol–water partition coefficient (Wildman–Crippen LogP) is 1.11. The van der Waals surface area contributed by atoms with E-state index < -0.39 is 28.0 Å². The Bertz CT molecular complexity index is 418. The quantitative estimate of drug-likeness (QED) is 0.390. The molecule has 0 radical (unpaired) electrons. The van der Waals surface area contributed by atoms with Crippen molar-refractivity contribution in [2.45, 2.75) is 58.0 Å². The number of carbonyl (C=O) groups excluding carboxylic acids is 2. The Kier molecular flexibility index (Phi) is 6.44. The maximum absolute atomic E-state index is 11.6. The molecule has 1 N–H and O–H groups in total. The van der Waals surface area contributed by atoms with Crippen LogP contribution in [-0.2, 0) is 23.9 Å². The van der Waals surface area contributed by atoms with Crippen molar-refractivity contribution in [2.24, 2.45) is 0 Å². The number of nitrogens with one attached hydrogen (secondary N) is 1. The molecule has 0 aromatic heterocycles. The zero-order valence-electron chi connectivity index (χ0n) is 11.2. The maximum Gasteiger partial charge on any atom is 0.268 e. The summed E-state index contributed by atoms with van der Waals surface area (Å²) in [5, 5.41) is 2.01. The van der Waals surface area contributed by atoms with Crippen molar-refractivity contribution in [2.75, 3.05) is 5.75 Å². The van der Waals surface area contributed by atoms with Gasteiger partial charge in [-0.1, -0.05) is 39.0 Å². The molecule has 0 bridgehead atoms. The minimum absolute atomic E-state index is 0.100. The highest BCUT2D eigenvalue weighted by molar-refractivity contribution is 7.86. The van der Waals surface area contributed by atoms with Crippen LogP contribution < -0.4 is 5.32 Å². The van der Waals surface area contributed by atoms with Crippen molar-refractivity contribution in [1.29, 1.82) is 0 Å². The highest BCUT2D eigenvalue weighted by Gasteiger charge is 2.35. The average Bonchev–Trinajstić information content (AvgIpc) is 2.61. The van der Waals surface area contributed by atoms with Gasteiger partial charge in [-0.25, -0.2) is 0 Å². The lowest BCUT2D eigenvalue weighted by Gasteiger charge is -2.08. The van der Waals surface area contributed by atoms with Gasteiger partial charge in [0.1, 0.15) is 0 Å². The van der Waals surface area contributed by atoms with Gasteiger partial charge < -0.3 is 0 Å². The van der Waals surface area contributed by atoms with Gasteiger partial charge in [0.25, 0.3) is 16.0 Å². The zero-order valence-corrected chi connectivity index (χ0v) is 12.0. The summed E-state index contributed by atoms with van der Waals surface area (Å²) in [5.41, 5.74) is 0. The normalized spacial score (nSPS) is 19.7. The summed E-state index contributed by atoms with van der Waals surface area (Å²) in [4.78, 5) is 22.1. The monoisotopic (exact) mass is 291 g/mol. The van der Waals surface area contributed by atoms with E-state index in [9.17, 15) is 18.0 Å². The third-order valence-electron chi connectivity index (χ3n) is 2.94. The summed E-state index contributed by atoms with van der Waals surface area (Å²) < 4.78 is 28.0. The molecule has 0 aliphatic carbocycles. The van der Waals surface area contributed by atoms with Crippen molar-refractivity contribution in [3.05, 3.63) is 0 Å². The molecule has 0 aromatic carbocycles. The number of hydrogen-bond acceptors (Lipinski definition) is 5. The summed E-state index contributed by atoms with van der Waals surface area (Å²) in [6.07, 6.45) is 4.38. The van der Waals surface area contributed by atoms with Gasteiger partial charge in [0.05, 0.1) is 12.2 Å². The van der Waals surface area contributed by atoms with Crippen LogP contribution in [0.3, 0.4) is 0 Å². The van der Waals surface area contributed by atoms with Crippen LogP contribution in [0.5, 0.6) is 0 Å². The fourth-order valence-corrected chi connectivity index (χ4v) is 3.06. The van der Waals surface area contributed by atoms with Crippen LogP contribution >= 0.6 is 0 Å². The second kappa shape index (κ2) is 7.59. The van der Waals surface area contributed by atoms with E-state index in [1.54, 1.807) is 0 Å². The lowest BCUT2D eigenvalue weighted by molar-refractivity contribution is -0.126. The van der Waals surface area contributed by atoms with Gasteiger partial charge >= 0.3 is 0 Å². The second-order valence-electron chi connectivity index (χ2n) is 4.73. The van der Waals surface area contributed by atoms with Crippen LogP contribution in [0.25, 0.3) is 0 Å². The summed E-state index contributed by atoms with van der Waals surface area (Å²) in [5.74, 6) is -1.27. The van der Waals surface area contributed by atoms with Gasteiger partial charge in [0, 0.05) is 0 Å². The summed E-state index contributed by atoms with van der Waals surface area (Å²) in [7, 11) is -3.73. The molecule has 1 heterocycles. The number of amides is 2. The molecule has 6 nitrogen and oxygen atoms in total. The minimum Gasteiger partial charge on any atom is -0.294 e. The van der Waals surface area contributed by atoms with E-state index in [1.165, 1.54) is 0 Å². The van der Waals surface area contributed by atoms with Crippen LogP contribution in [-0.4, -0.2) is 32.1 Å². The standard InChI is InChI=1S/C12H21NO5S/c1-2-3-4-5-6-7-8-19(16,17)18-10-9-11(14)13-12(10)15/h10H,2-9H2,1H3,(H,13,14,15). The van der Waals surface area contributed by atoms with E-state index in [0.29, 0.717) is 6.42 Å². The van der Waals surface area contributed by atoms with Crippen LogP contribution in [0.2, 0.25) is 0 Å². The van der Waals surface area contributed by atoms with Gasteiger partial charge in [-0.2, -0.15) is 8.42 Å².